The van der Waals surface area contributed by atoms with E-state index in [4.69, 9.17) is 9.15 Å². The monoisotopic (exact) mass is 443 g/mol. The third-order valence-electron chi connectivity index (χ3n) is 6.34. The maximum Gasteiger partial charge on any atom is 0.277 e. The van der Waals surface area contributed by atoms with Crippen LogP contribution in [0.2, 0.25) is 0 Å². The van der Waals surface area contributed by atoms with Gasteiger partial charge in [-0.3, -0.25) is 4.79 Å². The van der Waals surface area contributed by atoms with Crippen LogP contribution in [-0.2, 0) is 11.4 Å². The number of hydrogen-bond acceptors (Lipinski definition) is 6. The van der Waals surface area contributed by atoms with E-state index in [1.807, 2.05) is 31.2 Å². The molecule has 2 aromatic rings. The number of amides is 1. The lowest BCUT2D eigenvalue weighted by molar-refractivity contribution is -0.135. The summed E-state index contributed by atoms with van der Waals surface area (Å²) in [5, 5.41) is 8.60. The highest BCUT2D eigenvalue weighted by atomic mass is 32.2. The van der Waals surface area contributed by atoms with E-state index in [0.717, 1.165) is 37.0 Å². The Balaban J connectivity index is 1.32. The summed E-state index contributed by atoms with van der Waals surface area (Å²) in [7, 11) is 0. The van der Waals surface area contributed by atoms with Crippen LogP contribution >= 0.6 is 11.8 Å². The summed E-state index contributed by atoms with van der Waals surface area (Å²) in [4.78, 5) is 15.5. The minimum atomic E-state index is 0.222. The average Bonchev–Trinajstić information content (AvgIpc) is 3.26. The Bertz CT molecular complexity index is 826. The molecule has 168 valence electrons. The third-order valence-corrected chi connectivity index (χ3v) is 7.15. The van der Waals surface area contributed by atoms with Gasteiger partial charge in [0, 0.05) is 12.1 Å². The molecule has 2 aliphatic rings. The van der Waals surface area contributed by atoms with E-state index in [0.29, 0.717) is 29.0 Å². The maximum atomic E-state index is 13.3. The SMILES string of the molecule is Cc1cccc(OCc2nnc(SCC(=O)N(C3CCCCC3)C3CCCCC3)o2)c1. The van der Waals surface area contributed by atoms with Gasteiger partial charge in [0.2, 0.25) is 5.91 Å². The van der Waals surface area contributed by atoms with Crippen LogP contribution < -0.4 is 4.74 Å². The molecule has 0 spiro atoms. The number of rotatable bonds is 8. The van der Waals surface area contributed by atoms with E-state index in [2.05, 4.69) is 15.1 Å². The molecule has 2 saturated carbocycles. The second-order valence-corrected chi connectivity index (χ2v) is 9.67. The van der Waals surface area contributed by atoms with Crippen molar-refractivity contribution in [3.8, 4) is 5.75 Å². The molecule has 0 atom stereocenters. The van der Waals surface area contributed by atoms with Crippen LogP contribution in [0.5, 0.6) is 5.75 Å². The fourth-order valence-corrected chi connectivity index (χ4v) is 5.48. The molecule has 6 nitrogen and oxygen atoms in total. The number of ether oxygens (including phenoxy) is 1. The Labute approximate surface area is 189 Å². The number of thioether (sulfide) groups is 1. The molecular formula is C24H33N3O3S. The van der Waals surface area contributed by atoms with Crippen molar-refractivity contribution in [1.29, 1.82) is 0 Å². The minimum Gasteiger partial charge on any atom is -0.484 e. The van der Waals surface area contributed by atoms with Gasteiger partial charge in [-0.15, -0.1) is 10.2 Å². The Morgan fingerprint density at radius 3 is 2.39 bits per heavy atom. The summed E-state index contributed by atoms with van der Waals surface area (Å²) in [6.45, 7) is 2.25. The second-order valence-electron chi connectivity index (χ2n) is 8.74. The number of aromatic nitrogens is 2. The van der Waals surface area contributed by atoms with Crippen LogP contribution in [-0.4, -0.2) is 38.8 Å². The van der Waals surface area contributed by atoms with Gasteiger partial charge in [0.1, 0.15) is 5.75 Å². The second kappa shape index (κ2) is 11.0. The molecule has 1 amide bonds. The molecule has 1 aromatic heterocycles. The van der Waals surface area contributed by atoms with Crippen molar-refractivity contribution in [1.82, 2.24) is 15.1 Å². The first-order valence-corrected chi connectivity index (χ1v) is 12.6. The van der Waals surface area contributed by atoms with Gasteiger partial charge in [-0.25, -0.2) is 0 Å². The smallest absolute Gasteiger partial charge is 0.277 e. The van der Waals surface area contributed by atoms with Gasteiger partial charge in [-0.1, -0.05) is 62.4 Å². The molecule has 0 aliphatic heterocycles. The lowest BCUT2D eigenvalue weighted by Gasteiger charge is -2.41. The van der Waals surface area contributed by atoms with Gasteiger partial charge in [-0.05, 0) is 50.3 Å². The molecule has 2 aliphatic carbocycles. The number of nitrogens with zero attached hydrogens (tertiary/aromatic N) is 3. The molecule has 0 bridgehead atoms. The van der Waals surface area contributed by atoms with E-state index < -0.39 is 0 Å². The zero-order chi connectivity index (χ0) is 21.5. The zero-order valence-electron chi connectivity index (χ0n) is 18.4. The number of aryl methyl sites for hydroxylation is 1. The molecule has 0 saturated heterocycles. The van der Waals surface area contributed by atoms with E-state index >= 15 is 0 Å². The third kappa shape index (κ3) is 6.25. The van der Waals surface area contributed by atoms with E-state index in [1.165, 1.54) is 50.3 Å². The molecule has 0 radical (unpaired) electrons. The molecule has 2 fully saturated rings. The van der Waals surface area contributed by atoms with Crippen LogP contribution in [0.25, 0.3) is 0 Å². The fourth-order valence-electron chi connectivity index (χ4n) is 4.83. The minimum absolute atomic E-state index is 0.222. The van der Waals surface area contributed by atoms with Gasteiger partial charge in [0.25, 0.3) is 11.1 Å². The summed E-state index contributed by atoms with van der Waals surface area (Å²) in [6, 6.07) is 8.67. The van der Waals surface area contributed by atoms with Crippen LogP contribution in [0.4, 0.5) is 0 Å². The van der Waals surface area contributed by atoms with Gasteiger partial charge in [0.05, 0.1) is 5.75 Å². The van der Waals surface area contributed by atoms with Crippen molar-refractivity contribution in [2.75, 3.05) is 5.75 Å². The molecule has 0 unspecified atom stereocenters. The predicted molar refractivity (Wildman–Crippen MR) is 121 cm³/mol. The summed E-state index contributed by atoms with van der Waals surface area (Å²) < 4.78 is 11.4. The largest absolute Gasteiger partial charge is 0.484 e. The van der Waals surface area contributed by atoms with Crippen molar-refractivity contribution in [3.05, 3.63) is 35.7 Å². The van der Waals surface area contributed by atoms with Crippen LogP contribution in [0.1, 0.15) is 75.7 Å². The molecule has 4 rings (SSSR count). The van der Waals surface area contributed by atoms with Crippen molar-refractivity contribution >= 4 is 17.7 Å². The molecule has 7 heteroatoms. The number of carbonyl (C=O) groups excluding carboxylic acids is 1. The predicted octanol–water partition coefficient (Wildman–Crippen LogP) is 5.54. The highest BCUT2D eigenvalue weighted by Gasteiger charge is 2.32. The Morgan fingerprint density at radius 1 is 1.06 bits per heavy atom. The standard InChI is InChI=1S/C24H33N3O3S/c1-18-9-8-14-21(15-18)29-16-22-25-26-24(30-22)31-17-23(28)27(19-10-4-2-5-11-19)20-12-6-3-7-13-20/h8-9,14-15,19-20H,2-7,10-13,16-17H2,1H3. The maximum absolute atomic E-state index is 13.3. The average molecular weight is 444 g/mol. The number of hydrogen-bond donors (Lipinski definition) is 0. The fraction of sp³-hybridized carbons (Fsp3) is 0.625. The van der Waals surface area contributed by atoms with Gasteiger partial charge in [-0.2, -0.15) is 0 Å². The number of carbonyl (C=O) groups is 1. The van der Waals surface area contributed by atoms with Crippen molar-refractivity contribution < 1.29 is 13.9 Å². The summed E-state index contributed by atoms with van der Waals surface area (Å²) >= 11 is 1.34. The quantitative estimate of drug-likeness (QED) is 0.499. The molecular weight excluding hydrogens is 410 g/mol. The Hall–Kier alpha value is -2.02. The van der Waals surface area contributed by atoms with Crippen molar-refractivity contribution in [2.24, 2.45) is 0 Å². The van der Waals surface area contributed by atoms with E-state index in [9.17, 15) is 4.79 Å². The first kappa shape index (κ1) is 22.2. The topological polar surface area (TPSA) is 68.5 Å². The van der Waals surface area contributed by atoms with Crippen LogP contribution in [0, 0.1) is 6.92 Å². The van der Waals surface area contributed by atoms with Gasteiger partial charge in [0.15, 0.2) is 6.61 Å². The normalized spacial score (nSPS) is 18.1. The first-order chi connectivity index (χ1) is 15.2. The van der Waals surface area contributed by atoms with Crippen LogP contribution in [0.15, 0.2) is 33.9 Å². The summed E-state index contributed by atoms with van der Waals surface area (Å²) in [5.41, 5.74) is 1.14. The lowest BCUT2D eigenvalue weighted by Crippen LogP contribution is -2.49. The summed E-state index contributed by atoms with van der Waals surface area (Å²) in [5.74, 6) is 1.78. The molecule has 0 N–H and O–H groups in total. The van der Waals surface area contributed by atoms with Gasteiger partial charge >= 0.3 is 0 Å². The van der Waals surface area contributed by atoms with Crippen molar-refractivity contribution in [3.63, 3.8) is 0 Å². The van der Waals surface area contributed by atoms with Crippen molar-refractivity contribution in [2.45, 2.75) is 95.0 Å². The van der Waals surface area contributed by atoms with Gasteiger partial charge < -0.3 is 14.1 Å². The highest BCUT2D eigenvalue weighted by molar-refractivity contribution is 7.99. The Morgan fingerprint density at radius 2 is 1.74 bits per heavy atom. The lowest BCUT2D eigenvalue weighted by atomic mass is 9.88. The van der Waals surface area contributed by atoms with E-state index in [1.54, 1.807) is 0 Å². The van der Waals surface area contributed by atoms with E-state index in [-0.39, 0.29) is 12.5 Å². The molecule has 1 heterocycles. The number of benzene rings is 1. The highest BCUT2D eigenvalue weighted by Crippen LogP contribution is 2.31. The molecule has 31 heavy (non-hydrogen) atoms. The first-order valence-electron chi connectivity index (χ1n) is 11.6. The summed E-state index contributed by atoms with van der Waals surface area (Å²) in [6.07, 6.45) is 12.1. The zero-order valence-corrected chi connectivity index (χ0v) is 19.2. The Kier molecular flexibility index (Phi) is 7.89. The van der Waals surface area contributed by atoms with Crippen LogP contribution in [0.3, 0.4) is 0 Å². The molecule has 1 aromatic carbocycles.